The second kappa shape index (κ2) is 10.3. The Kier molecular flexibility index (Phi) is 7.72. The monoisotopic (exact) mass is 476 g/mol. The maximum absolute atomic E-state index is 14.9. The van der Waals surface area contributed by atoms with Gasteiger partial charge in [-0.2, -0.15) is 0 Å². The van der Waals surface area contributed by atoms with Gasteiger partial charge < -0.3 is 0 Å². The molecule has 1 heterocycles. The molecule has 2 N–H and O–H groups in total. The van der Waals surface area contributed by atoms with Gasteiger partial charge in [0.1, 0.15) is 22.7 Å². The average Bonchev–Trinajstić information content (AvgIpc) is 2.81. The van der Waals surface area contributed by atoms with Gasteiger partial charge in [-0.05, 0) is 24.6 Å². The van der Waals surface area contributed by atoms with Crippen molar-refractivity contribution < 1.29 is 33.2 Å². The molecule has 0 saturated carbocycles. The SMILES string of the molecule is CC(C(=O)CC(=O)NO)c1cc(F)c(CN2SC(c3ccccc3)C(=O)C(=O)C2C)cc1F. The van der Waals surface area contributed by atoms with Crippen LogP contribution >= 0.6 is 11.9 Å². The lowest BCUT2D eigenvalue weighted by atomic mass is 9.93. The molecule has 10 heteroatoms. The summed E-state index contributed by atoms with van der Waals surface area (Å²) in [6.07, 6.45) is -0.681. The quantitative estimate of drug-likeness (QED) is 0.208. The van der Waals surface area contributed by atoms with E-state index in [9.17, 15) is 28.0 Å². The predicted molar refractivity (Wildman–Crippen MR) is 116 cm³/mol. The van der Waals surface area contributed by atoms with Crippen LogP contribution in [0.2, 0.25) is 0 Å². The molecule has 0 aromatic heterocycles. The number of ketones is 3. The zero-order valence-electron chi connectivity index (χ0n) is 17.9. The number of rotatable bonds is 7. The molecule has 1 amide bonds. The molecule has 0 bridgehead atoms. The molecule has 1 aliphatic rings. The van der Waals surface area contributed by atoms with Crippen molar-refractivity contribution in [3.05, 3.63) is 70.8 Å². The number of Topliss-reactive ketones (excluding diaryl/α,β-unsaturated/α-hetero) is 3. The van der Waals surface area contributed by atoms with Crippen molar-refractivity contribution in [3.8, 4) is 0 Å². The second-order valence-corrected chi connectivity index (χ2v) is 8.89. The van der Waals surface area contributed by atoms with E-state index in [-0.39, 0.29) is 17.7 Å². The van der Waals surface area contributed by atoms with E-state index in [1.165, 1.54) is 19.3 Å². The first-order valence-electron chi connectivity index (χ1n) is 10.1. The highest BCUT2D eigenvalue weighted by atomic mass is 32.2. The molecule has 1 saturated heterocycles. The summed E-state index contributed by atoms with van der Waals surface area (Å²) in [5.41, 5.74) is 1.69. The maximum atomic E-state index is 14.9. The Hall–Kier alpha value is -2.95. The topological polar surface area (TPSA) is 104 Å². The minimum atomic E-state index is -1.12. The lowest BCUT2D eigenvalue weighted by molar-refractivity contribution is -0.139. The molecule has 2 aromatic rings. The standard InChI is InChI=1S/C23H22F2N2O5S/c1-12(19(28)10-20(29)26-32)16-9-17(24)15(8-18(16)25)11-27-13(2)21(30)22(31)23(33-27)14-6-4-3-5-7-14/h3-9,12-13,23,32H,10-11H2,1-2H3,(H,26,29). The van der Waals surface area contributed by atoms with Crippen LogP contribution in [0.4, 0.5) is 8.78 Å². The fourth-order valence-electron chi connectivity index (χ4n) is 3.50. The minimum Gasteiger partial charge on any atom is -0.298 e. The number of benzene rings is 2. The number of nitrogens with zero attached hydrogens (tertiary/aromatic N) is 1. The molecule has 1 fully saturated rings. The van der Waals surface area contributed by atoms with Gasteiger partial charge in [0, 0.05) is 23.6 Å². The lowest BCUT2D eigenvalue weighted by Gasteiger charge is -2.35. The third kappa shape index (κ3) is 5.35. The Morgan fingerprint density at radius 1 is 1.12 bits per heavy atom. The van der Waals surface area contributed by atoms with Gasteiger partial charge in [0.05, 0.1) is 12.5 Å². The van der Waals surface area contributed by atoms with Crippen molar-refractivity contribution in [2.24, 2.45) is 0 Å². The van der Waals surface area contributed by atoms with Crippen LogP contribution in [0.15, 0.2) is 42.5 Å². The number of hydroxylamine groups is 1. The Balaban J connectivity index is 1.83. The zero-order chi connectivity index (χ0) is 24.3. The van der Waals surface area contributed by atoms with Crippen LogP contribution in [0.25, 0.3) is 0 Å². The van der Waals surface area contributed by atoms with Crippen LogP contribution in [0.1, 0.15) is 48.1 Å². The molecule has 174 valence electrons. The molecule has 0 aliphatic carbocycles. The minimum absolute atomic E-state index is 0.0442. The van der Waals surface area contributed by atoms with Gasteiger partial charge in [-0.25, -0.2) is 18.6 Å². The number of hydrogen-bond acceptors (Lipinski definition) is 7. The zero-order valence-corrected chi connectivity index (χ0v) is 18.7. The summed E-state index contributed by atoms with van der Waals surface area (Å²) in [5.74, 6) is -5.54. The largest absolute Gasteiger partial charge is 0.298 e. The normalized spacial score (nSPS) is 19.9. The first kappa shape index (κ1) is 24.7. The number of hydrogen-bond donors (Lipinski definition) is 2. The molecule has 0 radical (unpaired) electrons. The molecule has 2 aromatic carbocycles. The van der Waals surface area contributed by atoms with E-state index in [4.69, 9.17) is 5.21 Å². The fraction of sp³-hybridized carbons (Fsp3) is 0.304. The van der Waals surface area contributed by atoms with E-state index in [0.717, 1.165) is 24.1 Å². The van der Waals surface area contributed by atoms with Gasteiger partial charge in [-0.3, -0.25) is 24.4 Å². The van der Waals surface area contributed by atoms with E-state index >= 15 is 0 Å². The summed E-state index contributed by atoms with van der Waals surface area (Å²) in [6.45, 7) is 2.72. The lowest BCUT2D eigenvalue weighted by Crippen LogP contribution is -2.45. The molecular formula is C23H22F2N2O5S. The Labute approximate surface area is 193 Å². The molecule has 7 nitrogen and oxygen atoms in total. The highest BCUT2D eigenvalue weighted by Crippen LogP contribution is 2.40. The summed E-state index contributed by atoms with van der Waals surface area (Å²) in [6, 6.07) is 9.74. The predicted octanol–water partition coefficient (Wildman–Crippen LogP) is 3.26. The van der Waals surface area contributed by atoms with Gasteiger partial charge in [0.15, 0.2) is 0 Å². The van der Waals surface area contributed by atoms with Crippen LogP contribution in [0, 0.1) is 11.6 Å². The van der Waals surface area contributed by atoms with Gasteiger partial charge in [0.2, 0.25) is 11.6 Å². The molecule has 0 spiro atoms. The van der Waals surface area contributed by atoms with Crippen molar-refractivity contribution in [2.75, 3.05) is 0 Å². The van der Waals surface area contributed by atoms with E-state index < -0.39 is 58.5 Å². The maximum Gasteiger partial charge on any atom is 0.250 e. The second-order valence-electron chi connectivity index (χ2n) is 7.74. The van der Waals surface area contributed by atoms with Crippen LogP contribution in [0.3, 0.4) is 0 Å². The molecule has 3 rings (SSSR count). The van der Waals surface area contributed by atoms with E-state index in [1.54, 1.807) is 34.6 Å². The van der Waals surface area contributed by atoms with Gasteiger partial charge >= 0.3 is 0 Å². The summed E-state index contributed by atoms with van der Waals surface area (Å²) in [5, 5.41) is 7.76. The van der Waals surface area contributed by atoms with Crippen molar-refractivity contribution in [1.29, 1.82) is 0 Å². The number of carbonyl (C=O) groups excluding carboxylic acids is 4. The molecule has 3 unspecified atom stereocenters. The van der Waals surface area contributed by atoms with Gasteiger partial charge in [-0.15, -0.1) is 0 Å². The highest BCUT2D eigenvalue weighted by Gasteiger charge is 2.41. The van der Waals surface area contributed by atoms with Crippen LogP contribution < -0.4 is 5.48 Å². The smallest absolute Gasteiger partial charge is 0.250 e. The summed E-state index contributed by atoms with van der Waals surface area (Å²) < 4.78 is 31.2. The third-order valence-electron chi connectivity index (χ3n) is 5.54. The Bertz CT molecular complexity index is 1100. The van der Waals surface area contributed by atoms with Gasteiger partial charge in [0.25, 0.3) is 5.91 Å². The van der Waals surface area contributed by atoms with E-state index in [0.29, 0.717) is 5.56 Å². The summed E-state index contributed by atoms with van der Waals surface area (Å²) in [4.78, 5) is 48.4. The first-order chi connectivity index (χ1) is 15.6. The average molecular weight is 477 g/mol. The van der Waals surface area contributed by atoms with Crippen LogP contribution in [-0.2, 0) is 25.7 Å². The van der Waals surface area contributed by atoms with Crippen LogP contribution in [-0.4, -0.2) is 38.8 Å². The van der Waals surface area contributed by atoms with Gasteiger partial charge in [-0.1, -0.05) is 49.2 Å². The van der Waals surface area contributed by atoms with Crippen molar-refractivity contribution in [3.63, 3.8) is 0 Å². The molecule has 1 aliphatic heterocycles. The number of carbonyl (C=O) groups is 4. The Morgan fingerprint density at radius 3 is 2.42 bits per heavy atom. The van der Waals surface area contributed by atoms with Crippen LogP contribution in [0.5, 0.6) is 0 Å². The summed E-state index contributed by atoms with van der Waals surface area (Å²) in [7, 11) is 0. The van der Waals surface area contributed by atoms with Crippen molar-refractivity contribution >= 4 is 35.2 Å². The molecule has 33 heavy (non-hydrogen) atoms. The number of nitrogens with one attached hydrogen (secondary N) is 1. The third-order valence-corrected chi connectivity index (χ3v) is 6.95. The fourth-order valence-corrected chi connectivity index (χ4v) is 4.76. The number of halogens is 2. The van der Waals surface area contributed by atoms with E-state index in [1.807, 2.05) is 0 Å². The molecular weight excluding hydrogens is 454 g/mol. The Morgan fingerprint density at radius 2 is 1.79 bits per heavy atom. The van der Waals surface area contributed by atoms with E-state index in [2.05, 4.69) is 0 Å². The summed E-state index contributed by atoms with van der Waals surface area (Å²) >= 11 is 1.09. The number of amides is 1. The first-order valence-corrected chi connectivity index (χ1v) is 11.0. The van der Waals surface area contributed by atoms with Crippen molar-refractivity contribution in [1.82, 2.24) is 9.79 Å². The molecule has 3 atom stereocenters. The van der Waals surface area contributed by atoms with Crippen molar-refractivity contribution in [2.45, 2.75) is 44.0 Å². The highest BCUT2D eigenvalue weighted by molar-refractivity contribution is 7.98.